The van der Waals surface area contributed by atoms with Crippen molar-refractivity contribution in [2.45, 2.75) is 19.4 Å². The molecule has 0 aliphatic heterocycles. The van der Waals surface area contributed by atoms with Crippen molar-refractivity contribution >= 4 is 11.7 Å². The normalized spacial score (nSPS) is 11.0. The van der Waals surface area contributed by atoms with E-state index in [2.05, 4.69) is 20.0 Å². The molecule has 0 atom stereocenters. The van der Waals surface area contributed by atoms with Gasteiger partial charge in [0.1, 0.15) is 12.4 Å². The van der Waals surface area contributed by atoms with Gasteiger partial charge in [0.15, 0.2) is 11.6 Å². The first kappa shape index (κ1) is 20.1. The van der Waals surface area contributed by atoms with E-state index in [1.807, 2.05) is 0 Å². The minimum Gasteiger partial charge on any atom is -0.485 e. The highest BCUT2D eigenvalue weighted by molar-refractivity contribution is 5.92. The molecule has 3 rings (SSSR count). The van der Waals surface area contributed by atoms with E-state index in [-0.39, 0.29) is 30.5 Å². The molecule has 0 saturated heterocycles. The molecule has 3 aromatic rings. The zero-order valence-corrected chi connectivity index (χ0v) is 15.0. The van der Waals surface area contributed by atoms with Crippen LogP contribution >= 0.6 is 0 Å². The monoisotopic (exact) mass is 403 g/mol. The molecule has 0 bridgehead atoms. The number of pyridine rings is 2. The molecule has 1 N–H and O–H groups in total. The van der Waals surface area contributed by atoms with Gasteiger partial charge in [0, 0.05) is 18.6 Å². The first-order chi connectivity index (χ1) is 13.9. The summed E-state index contributed by atoms with van der Waals surface area (Å²) < 4.78 is 46.1. The Morgan fingerprint density at radius 3 is 2.38 bits per heavy atom. The van der Waals surface area contributed by atoms with Gasteiger partial charge in [-0.05, 0) is 47.5 Å². The smallest absolute Gasteiger partial charge is 0.485 e. The van der Waals surface area contributed by atoms with Crippen molar-refractivity contribution in [2.75, 3.05) is 5.32 Å². The second kappa shape index (κ2) is 9.05. The molecule has 0 radical (unpaired) electrons. The van der Waals surface area contributed by atoms with Crippen molar-refractivity contribution in [2.24, 2.45) is 0 Å². The van der Waals surface area contributed by atoms with Crippen LogP contribution in [0.4, 0.5) is 19.0 Å². The molecular formula is C20H16F3N3O3. The van der Waals surface area contributed by atoms with Crippen LogP contribution in [0, 0.1) is 0 Å². The van der Waals surface area contributed by atoms with Crippen LogP contribution in [0.25, 0.3) is 0 Å². The second-order valence-electron chi connectivity index (χ2n) is 5.91. The number of hydrogen-bond acceptors (Lipinski definition) is 5. The van der Waals surface area contributed by atoms with Gasteiger partial charge >= 0.3 is 6.36 Å². The van der Waals surface area contributed by atoms with Crippen LogP contribution in [-0.2, 0) is 17.8 Å². The number of benzene rings is 1. The summed E-state index contributed by atoms with van der Waals surface area (Å²) in [6.07, 6.45) is 0.000674. The molecule has 0 fully saturated rings. The standard InChI is InChI=1S/C20H16F3N3O3/c21-20(22,23)29-16-5-3-14(4-6-16)12-18(27)26-19-17(2-1-9-25-19)28-13-15-7-10-24-11-8-15/h1-11H,12-13H2,(H,25,26,27). The van der Waals surface area contributed by atoms with Gasteiger partial charge in [-0.1, -0.05) is 12.1 Å². The van der Waals surface area contributed by atoms with Crippen molar-refractivity contribution in [1.29, 1.82) is 0 Å². The molecule has 29 heavy (non-hydrogen) atoms. The molecular weight excluding hydrogens is 387 g/mol. The van der Waals surface area contributed by atoms with E-state index in [0.717, 1.165) is 17.7 Å². The van der Waals surface area contributed by atoms with E-state index in [0.29, 0.717) is 11.3 Å². The average molecular weight is 403 g/mol. The number of ether oxygens (including phenoxy) is 2. The fraction of sp³-hybridized carbons (Fsp3) is 0.150. The van der Waals surface area contributed by atoms with Crippen LogP contribution in [0.5, 0.6) is 11.5 Å². The Balaban J connectivity index is 1.59. The Kier molecular flexibility index (Phi) is 6.28. The first-order valence-electron chi connectivity index (χ1n) is 8.50. The Morgan fingerprint density at radius 1 is 0.966 bits per heavy atom. The highest BCUT2D eigenvalue weighted by Crippen LogP contribution is 2.24. The van der Waals surface area contributed by atoms with E-state index < -0.39 is 6.36 Å². The lowest BCUT2D eigenvalue weighted by atomic mass is 10.1. The predicted molar refractivity (Wildman–Crippen MR) is 98.3 cm³/mol. The number of carbonyl (C=O) groups excluding carboxylic acids is 1. The predicted octanol–water partition coefficient (Wildman–Crippen LogP) is 4.14. The number of halogens is 3. The molecule has 0 saturated carbocycles. The molecule has 6 nitrogen and oxygen atoms in total. The van der Waals surface area contributed by atoms with Gasteiger partial charge in [0.25, 0.3) is 0 Å². The minimum atomic E-state index is -4.76. The molecule has 0 aliphatic rings. The van der Waals surface area contributed by atoms with Crippen LogP contribution in [-0.4, -0.2) is 22.2 Å². The first-order valence-corrected chi connectivity index (χ1v) is 8.50. The number of rotatable bonds is 7. The Morgan fingerprint density at radius 2 is 1.69 bits per heavy atom. The summed E-state index contributed by atoms with van der Waals surface area (Å²) in [5.41, 5.74) is 1.43. The van der Waals surface area contributed by atoms with Gasteiger partial charge in [0.05, 0.1) is 6.42 Å². The van der Waals surface area contributed by atoms with Crippen molar-refractivity contribution in [3.8, 4) is 11.5 Å². The number of nitrogens with zero attached hydrogens (tertiary/aromatic N) is 2. The lowest BCUT2D eigenvalue weighted by Gasteiger charge is -2.12. The summed E-state index contributed by atoms with van der Waals surface area (Å²) in [7, 11) is 0. The fourth-order valence-corrected chi connectivity index (χ4v) is 2.41. The summed E-state index contributed by atoms with van der Waals surface area (Å²) in [5, 5.41) is 2.65. The highest BCUT2D eigenvalue weighted by Gasteiger charge is 2.30. The summed E-state index contributed by atoms with van der Waals surface area (Å²) in [6, 6.07) is 12.0. The Hall–Kier alpha value is -3.62. The van der Waals surface area contributed by atoms with Gasteiger partial charge in [0.2, 0.25) is 5.91 Å². The van der Waals surface area contributed by atoms with Crippen LogP contribution in [0.15, 0.2) is 67.1 Å². The second-order valence-corrected chi connectivity index (χ2v) is 5.91. The molecule has 0 unspecified atom stereocenters. The number of hydrogen-bond donors (Lipinski definition) is 1. The molecule has 150 valence electrons. The van der Waals surface area contributed by atoms with Gasteiger partial charge in [-0.15, -0.1) is 13.2 Å². The molecule has 0 spiro atoms. The van der Waals surface area contributed by atoms with E-state index in [9.17, 15) is 18.0 Å². The lowest BCUT2D eigenvalue weighted by Crippen LogP contribution is -2.17. The largest absolute Gasteiger partial charge is 0.573 e. The summed E-state index contributed by atoms with van der Waals surface area (Å²) >= 11 is 0. The Bertz CT molecular complexity index is 948. The molecule has 1 amide bonds. The van der Waals surface area contributed by atoms with Crippen LogP contribution in [0.1, 0.15) is 11.1 Å². The summed E-state index contributed by atoms with van der Waals surface area (Å²) in [4.78, 5) is 20.3. The van der Waals surface area contributed by atoms with Crippen molar-refractivity contribution < 1.29 is 27.4 Å². The molecule has 2 heterocycles. The number of alkyl halides is 3. The zero-order valence-electron chi connectivity index (χ0n) is 15.0. The van der Waals surface area contributed by atoms with Crippen molar-refractivity contribution in [3.05, 3.63) is 78.2 Å². The maximum Gasteiger partial charge on any atom is 0.573 e. The van der Waals surface area contributed by atoms with Crippen LogP contribution < -0.4 is 14.8 Å². The minimum absolute atomic E-state index is 0.0489. The van der Waals surface area contributed by atoms with Crippen molar-refractivity contribution in [1.82, 2.24) is 9.97 Å². The summed E-state index contributed by atoms with van der Waals surface area (Å²) in [6.45, 7) is 0.276. The number of aromatic nitrogens is 2. The van der Waals surface area contributed by atoms with Crippen LogP contribution in [0.2, 0.25) is 0 Å². The van der Waals surface area contributed by atoms with Gasteiger partial charge in [-0.25, -0.2) is 4.98 Å². The fourth-order valence-electron chi connectivity index (χ4n) is 2.41. The molecule has 2 aromatic heterocycles. The molecule has 1 aromatic carbocycles. The van der Waals surface area contributed by atoms with Crippen LogP contribution in [0.3, 0.4) is 0 Å². The van der Waals surface area contributed by atoms with E-state index in [4.69, 9.17) is 4.74 Å². The third-order valence-electron chi connectivity index (χ3n) is 3.69. The van der Waals surface area contributed by atoms with E-state index in [1.165, 1.54) is 18.3 Å². The van der Waals surface area contributed by atoms with E-state index >= 15 is 0 Å². The average Bonchev–Trinajstić information content (AvgIpc) is 2.68. The zero-order chi connectivity index (χ0) is 20.7. The van der Waals surface area contributed by atoms with Crippen molar-refractivity contribution in [3.63, 3.8) is 0 Å². The SMILES string of the molecule is O=C(Cc1ccc(OC(F)(F)F)cc1)Nc1ncccc1OCc1ccncc1. The third kappa shape index (κ3) is 6.49. The third-order valence-corrected chi connectivity index (χ3v) is 3.69. The van der Waals surface area contributed by atoms with E-state index in [1.54, 1.807) is 36.7 Å². The maximum absolute atomic E-state index is 12.3. The number of amides is 1. The molecule has 9 heteroatoms. The lowest BCUT2D eigenvalue weighted by molar-refractivity contribution is -0.274. The molecule has 0 aliphatic carbocycles. The quantitative estimate of drug-likeness (QED) is 0.642. The Labute approximate surface area is 164 Å². The number of carbonyl (C=O) groups is 1. The number of nitrogens with one attached hydrogen (secondary N) is 1. The maximum atomic E-state index is 12.3. The van der Waals surface area contributed by atoms with Gasteiger partial charge < -0.3 is 14.8 Å². The summed E-state index contributed by atoms with van der Waals surface area (Å²) in [5.74, 6) is -0.0877. The van der Waals surface area contributed by atoms with Gasteiger partial charge in [-0.3, -0.25) is 9.78 Å². The number of anilines is 1. The van der Waals surface area contributed by atoms with Gasteiger partial charge in [-0.2, -0.15) is 0 Å². The topological polar surface area (TPSA) is 73.3 Å². The highest BCUT2D eigenvalue weighted by atomic mass is 19.4.